The van der Waals surface area contributed by atoms with E-state index >= 15 is 0 Å². The van der Waals surface area contributed by atoms with Crippen molar-refractivity contribution in [2.75, 3.05) is 0 Å². The zero-order valence-corrected chi connectivity index (χ0v) is 17.0. The van der Waals surface area contributed by atoms with Crippen LogP contribution in [-0.2, 0) is 4.79 Å². The summed E-state index contributed by atoms with van der Waals surface area (Å²) >= 11 is 3.51. The van der Waals surface area contributed by atoms with E-state index in [-0.39, 0.29) is 18.0 Å². The Balaban J connectivity index is 1.69. The highest BCUT2D eigenvalue weighted by Crippen LogP contribution is 2.23. The molecule has 2 atom stereocenters. The maximum absolute atomic E-state index is 12.7. The van der Waals surface area contributed by atoms with Gasteiger partial charge in [0.25, 0.3) is 0 Å². The summed E-state index contributed by atoms with van der Waals surface area (Å²) in [5, 5.41) is 7.54. The molecule has 6 heteroatoms. The van der Waals surface area contributed by atoms with Crippen LogP contribution in [0.3, 0.4) is 0 Å². The van der Waals surface area contributed by atoms with Crippen molar-refractivity contribution in [3.05, 3.63) is 70.2 Å². The molecule has 1 amide bonds. The average Bonchev–Trinajstić information content (AvgIpc) is 3.26. The Labute approximate surface area is 162 Å². The molecule has 26 heavy (non-hydrogen) atoms. The third-order valence-electron chi connectivity index (χ3n) is 4.64. The first-order valence-corrected chi connectivity index (χ1v) is 9.42. The molecule has 0 fully saturated rings. The molecule has 136 valence electrons. The number of nitrogens with one attached hydrogen (secondary N) is 1. The van der Waals surface area contributed by atoms with Crippen molar-refractivity contribution in [3.63, 3.8) is 0 Å². The molecule has 0 spiro atoms. The van der Waals surface area contributed by atoms with Gasteiger partial charge in [-0.1, -0.05) is 12.1 Å². The summed E-state index contributed by atoms with van der Waals surface area (Å²) in [6.07, 6.45) is 4.02. The van der Waals surface area contributed by atoms with E-state index in [2.05, 4.69) is 43.0 Å². The second-order valence-corrected chi connectivity index (χ2v) is 7.31. The van der Waals surface area contributed by atoms with Gasteiger partial charge in [-0.15, -0.1) is 0 Å². The normalized spacial score (nSPS) is 13.4. The van der Waals surface area contributed by atoms with Crippen LogP contribution in [-0.4, -0.2) is 20.3 Å². The molecule has 2 unspecified atom stereocenters. The Morgan fingerprint density at radius 3 is 2.27 bits per heavy atom. The van der Waals surface area contributed by atoms with Crippen molar-refractivity contribution < 1.29 is 4.79 Å². The minimum Gasteiger partial charge on any atom is -0.348 e. The first-order chi connectivity index (χ1) is 12.4. The van der Waals surface area contributed by atoms with Crippen molar-refractivity contribution in [1.29, 1.82) is 0 Å². The molecule has 5 nitrogen and oxygen atoms in total. The summed E-state index contributed by atoms with van der Waals surface area (Å²) < 4.78 is 4.76. The lowest BCUT2D eigenvalue weighted by Crippen LogP contribution is -2.33. The highest BCUT2D eigenvalue weighted by atomic mass is 79.9. The molecule has 2 heterocycles. The first kappa shape index (κ1) is 18.5. The molecule has 0 aliphatic heterocycles. The minimum absolute atomic E-state index is 0.0508. The Morgan fingerprint density at radius 2 is 1.73 bits per heavy atom. The number of hydrogen-bond acceptors (Lipinski definition) is 2. The second kappa shape index (κ2) is 7.50. The number of hydrogen-bond donors (Lipinski definition) is 1. The number of aromatic nitrogens is 3. The van der Waals surface area contributed by atoms with Gasteiger partial charge in [-0.25, -0.2) is 0 Å². The lowest BCUT2D eigenvalue weighted by Gasteiger charge is -2.19. The number of halogens is 1. The van der Waals surface area contributed by atoms with E-state index in [1.807, 2.05) is 64.4 Å². The quantitative estimate of drug-likeness (QED) is 0.668. The van der Waals surface area contributed by atoms with Crippen molar-refractivity contribution >= 4 is 21.8 Å². The molecule has 1 aromatic carbocycles. The van der Waals surface area contributed by atoms with Gasteiger partial charge in [-0.2, -0.15) is 5.10 Å². The molecule has 0 saturated heterocycles. The molecular weight excluding hydrogens is 392 g/mol. The molecule has 0 saturated carbocycles. The van der Waals surface area contributed by atoms with Gasteiger partial charge in [0.1, 0.15) is 6.04 Å². The van der Waals surface area contributed by atoms with Gasteiger partial charge in [0, 0.05) is 18.1 Å². The third kappa shape index (κ3) is 3.60. The largest absolute Gasteiger partial charge is 0.348 e. The molecule has 0 bridgehead atoms. The summed E-state index contributed by atoms with van der Waals surface area (Å²) in [7, 11) is 0. The number of carbonyl (C=O) groups excluding carboxylic acids is 1. The predicted molar refractivity (Wildman–Crippen MR) is 106 cm³/mol. The highest BCUT2D eigenvalue weighted by Gasteiger charge is 2.21. The lowest BCUT2D eigenvalue weighted by atomic mass is 10.1. The monoisotopic (exact) mass is 414 g/mol. The van der Waals surface area contributed by atoms with Gasteiger partial charge in [0.05, 0.1) is 21.9 Å². The third-order valence-corrected chi connectivity index (χ3v) is 5.79. The molecule has 3 aromatic rings. The van der Waals surface area contributed by atoms with Gasteiger partial charge in [0.15, 0.2) is 0 Å². The van der Waals surface area contributed by atoms with E-state index in [9.17, 15) is 4.79 Å². The van der Waals surface area contributed by atoms with Crippen molar-refractivity contribution in [1.82, 2.24) is 19.7 Å². The highest BCUT2D eigenvalue weighted by molar-refractivity contribution is 9.10. The number of carbonyl (C=O) groups is 1. The van der Waals surface area contributed by atoms with E-state index in [1.165, 1.54) is 0 Å². The SMILES string of the molecule is Cc1nn(C(C)C(=O)NC(C)c2ccc(-n3cccc3)cc2)c(C)c1Br. The number of aryl methyl sites for hydroxylation is 1. The molecule has 1 N–H and O–H groups in total. The number of amides is 1. The van der Waals surface area contributed by atoms with E-state index in [1.54, 1.807) is 4.68 Å². The maximum atomic E-state index is 12.7. The first-order valence-electron chi connectivity index (χ1n) is 8.63. The van der Waals surface area contributed by atoms with Gasteiger partial charge in [-0.05, 0) is 73.5 Å². The van der Waals surface area contributed by atoms with Crippen LogP contribution < -0.4 is 5.32 Å². The van der Waals surface area contributed by atoms with Gasteiger partial charge in [-0.3, -0.25) is 9.48 Å². The fraction of sp³-hybridized carbons (Fsp3) is 0.300. The molecule has 3 rings (SSSR count). The van der Waals surface area contributed by atoms with Gasteiger partial charge >= 0.3 is 0 Å². The van der Waals surface area contributed by atoms with Crippen LogP contribution in [0.2, 0.25) is 0 Å². The molecule has 0 aliphatic carbocycles. The molecule has 0 radical (unpaired) electrons. The Hall–Kier alpha value is -2.34. The van der Waals surface area contributed by atoms with Crippen molar-refractivity contribution in [3.8, 4) is 5.69 Å². The average molecular weight is 415 g/mol. The zero-order valence-electron chi connectivity index (χ0n) is 15.4. The van der Waals surface area contributed by atoms with Gasteiger partial charge in [0.2, 0.25) is 5.91 Å². The number of rotatable bonds is 5. The van der Waals surface area contributed by atoms with Crippen LogP contribution in [0.15, 0.2) is 53.3 Å². The maximum Gasteiger partial charge on any atom is 0.245 e. The fourth-order valence-corrected chi connectivity index (χ4v) is 3.25. The van der Waals surface area contributed by atoms with E-state index in [4.69, 9.17) is 0 Å². The zero-order chi connectivity index (χ0) is 18.8. The van der Waals surface area contributed by atoms with Crippen LogP contribution >= 0.6 is 15.9 Å². The summed E-state index contributed by atoms with van der Waals surface area (Å²) in [6.45, 7) is 7.74. The van der Waals surface area contributed by atoms with Crippen molar-refractivity contribution in [2.24, 2.45) is 0 Å². The lowest BCUT2D eigenvalue weighted by molar-refractivity contribution is -0.124. The van der Waals surface area contributed by atoms with Crippen LogP contribution in [0.25, 0.3) is 5.69 Å². The van der Waals surface area contributed by atoms with Crippen LogP contribution in [0.5, 0.6) is 0 Å². The summed E-state index contributed by atoms with van der Waals surface area (Å²) in [5.74, 6) is -0.0508. The summed E-state index contributed by atoms with van der Waals surface area (Å²) in [4.78, 5) is 12.7. The topological polar surface area (TPSA) is 51.9 Å². The Bertz CT molecular complexity index is 897. The molecule has 0 aliphatic rings. The van der Waals surface area contributed by atoms with E-state index in [0.29, 0.717) is 0 Å². The predicted octanol–water partition coefficient (Wildman–Crippen LogP) is 4.49. The van der Waals surface area contributed by atoms with E-state index in [0.717, 1.165) is 27.1 Å². The molecular formula is C20H23BrN4O. The van der Waals surface area contributed by atoms with Gasteiger partial charge < -0.3 is 9.88 Å². The standard InChI is InChI=1S/C20H23BrN4O/c1-13(17-7-9-18(10-8-17)24-11-5-6-12-24)22-20(26)16(4)25-15(3)19(21)14(2)23-25/h5-13,16H,1-4H3,(H,22,26). The van der Waals surface area contributed by atoms with Crippen LogP contribution in [0.1, 0.15) is 42.9 Å². The fourth-order valence-electron chi connectivity index (χ4n) is 2.99. The Morgan fingerprint density at radius 1 is 1.12 bits per heavy atom. The van der Waals surface area contributed by atoms with Crippen LogP contribution in [0.4, 0.5) is 0 Å². The Kier molecular flexibility index (Phi) is 5.32. The van der Waals surface area contributed by atoms with Crippen LogP contribution in [0, 0.1) is 13.8 Å². The second-order valence-electron chi connectivity index (χ2n) is 6.52. The number of benzene rings is 1. The molecule has 2 aromatic heterocycles. The number of nitrogens with zero attached hydrogens (tertiary/aromatic N) is 3. The minimum atomic E-state index is -0.374. The summed E-state index contributed by atoms with van der Waals surface area (Å²) in [5.41, 5.74) is 4.00. The summed E-state index contributed by atoms with van der Waals surface area (Å²) in [6, 6.07) is 11.7. The van der Waals surface area contributed by atoms with Crippen molar-refractivity contribution in [2.45, 2.75) is 39.8 Å². The van der Waals surface area contributed by atoms with E-state index < -0.39 is 0 Å². The smallest absolute Gasteiger partial charge is 0.245 e.